The second kappa shape index (κ2) is 9.84. The van der Waals surface area contributed by atoms with Gasteiger partial charge in [0.25, 0.3) is 0 Å². The molecule has 27 heavy (non-hydrogen) atoms. The highest BCUT2D eigenvalue weighted by Gasteiger charge is 2.16. The summed E-state index contributed by atoms with van der Waals surface area (Å²) in [7, 11) is 1.61. The van der Waals surface area contributed by atoms with Gasteiger partial charge in [-0.05, 0) is 19.0 Å². The first kappa shape index (κ1) is 21.4. The number of imidazole rings is 1. The Morgan fingerprint density at radius 1 is 1.33 bits per heavy atom. The molecule has 0 unspecified atom stereocenters. The minimum absolute atomic E-state index is 0. The lowest BCUT2D eigenvalue weighted by Crippen LogP contribution is -2.11. The number of ether oxygens (including phenoxy) is 1. The fraction of sp³-hybridized carbons (Fsp3) is 0.500. The third-order valence-corrected chi connectivity index (χ3v) is 4.19. The quantitative estimate of drug-likeness (QED) is 0.655. The molecule has 0 aromatic carbocycles. The Balaban J connectivity index is 0.00000131. The monoisotopic (exact) mass is 415 g/mol. The number of fused-ring (bicyclic) bond motifs is 1. The van der Waals surface area contributed by atoms with Crippen LogP contribution in [0.1, 0.15) is 23.8 Å². The van der Waals surface area contributed by atoms with Crippen LogP contribution in [0.5, 0.6) is 0 Å². The van der Waals surface area contributed by atoms with Gasteiger partial charge < -0.3 is 19.1 Å². The molecule has 0 saturated heterocycles. The van der Waals surface area contributed by atoms with Crippen LogP contribution in [0, 0.1) is 0 Å². The number of nitrogens with zero attached hydrogens (tertiary/aromatic N) is 6. The molecule has 0 atom stereocenters. The zero-order chi connectivity index (χ0) is 17.1. The summed E-state index contributed by atoms with van der Waals surface area (Å²) in [6, 6.07) is 2.11. The van der Waals surface area contributed by atoms with Crippen molar-refractivity contribution < 1.29 is 9.26 Å². The molecule has 0 aliphatic carbocycles. The van der Waals surface area contributed by atoms with E-state index in [-0.39, 0.29) is 24.8 Å². The molecule has 1 aliphatic heterocycles. The highest BCUT2D eigenvalue weighted by molar-refractivity contribution is 5.85. The zero-order valence-electron chi connectivity index (χ0n) is 15.0. The molecule has 0 amide bonds. The van der Waals surface area contributed by atoms with Gasteiger partial charge in [0, 0.05) is 45.6 Å². The lowest BCUT2D eigenvalue weighted by atomic mass is 10.3. The van der Waals surface area contributed by atoms with Crippen LogP contribution in [0.2, 0.25) is 0 Å². The van der Waals surface area contributed by atoms with Gasteiger partial charge in [-0.2, -0.15) is 10.1 Å². The molecule has 11 heteroatoms. The van der Waals surface area contributed by atoms with E-state index in [1.165, 1.54) is 5.69 Å². The van der Waals surface area contributed by atoms with Gasteiger partial charge in [0.1, 0.15) is 12.3 Å². The number of aryl methyl sites for hydroxylation is 3. The molecule has 4 rings (SSSR count). The van der Waals surface area contributed by atoms with Gasteiger partial charge in [0.2, 0.25) is 5.89 Å². The largest absolute Gasteiger partial charge is 0.377 e. The van der Waals surface area contributed by atoms with Crippen LogP contribution in [0.15, 0.2) is 23.0 Å². The van der Waals surface area contributed by atoms with E-state index >= 15 is 0 Å². The molecular weight excluding hydrogens is 393 g/mol. The summed E-state index contributed by atoms with van der Waals surface area (Å²) in [5.74, 6) is 2.02. The third kappa shape index (κ3) is 4.86. The van der Waals surface area contributed by atoms with Crippen molar-refractivity contribution in [2.75, 3.05) is 13.7 Å². The van der Waals surface area contributed by atoms with E-state index in [1.54, 1.807) is 13.3 Å². The first-order chi connectivity index (χ1) is 12.3. The number of hydrogen-bond donors (Lipinski definition) is 1. The summed E-state index contributed by atoms with van der Waals surface area (Å²) in [5.41, 5.74) is 2.09. The van der Waals surface area contributed by atoms with Crippen LogP contribution in [-0.2, 0) is 37.4 Å². The minimum atomic E-state index is 0. The van der Waals surface area contributed by atoms with E-state index < -0.39 is 0 Å². The Bertz CT molecular complexity index is 822. The predicted octanol–water partition coefficient (Wildman–Crippen LogP) is 1.86. The molecule has 3 aromatic rings. The zero-order valence-corrected chi connectivity index (χ0v) is 16.6. The number of halogens is 2. The fourth-order valence-electron chi connectivity index (χ4n) is 2.99. The molecule has 0 radical (unpaired) electrons. The molecule has 0 fully saturated rings. The van der Waals surface area contributed by atoms with E-state index in [4.69, 9.17) is 14.4 Å². The molecule has 1 N–H and O–H groups in total. The summed E-state index contributed by atoms with van der Waals surface area (Å²) >= 11 is 0. The maximum absolute atomic E-state index is 5.24. The molecule has 0 saturated carbocycles. The van der Waals surface area contributed by atoms with Crippen LogP contribution in [0.3, 0.4) is 0 Å². The minimum Gasteiger partial charge on any atom is -0.377 e. The lowest BCUT2D eigenvalue weighted by molar-refractivity contribution is 0.174. The normalized spacial score (nSPS) is 13.4. The molecule has 4 heterocycles. The van der Waals surface area contributed by atoms with Crippen molar-refractivity contribution in [2.24, 2.45) is 0 Å². The maximum Gasteiger partial charge on any atom is 0.228 e. The summed E-state index contributed by atoms with van der Waals surface area (Å²) < 4.78 is 14.4. The van der Waals surface area contributed by atoms with Crippen LogP contribution >= 0.6 is 24.8 Å². The number of aromatic nitrogens is 6. The van der Waals surface area contributed by atoms with Crippen LogP contribution in [0.25, 0.3) is 11.5 Å². The molecular formula is C16H23Cl2N7O2. The van der Waals surface area contributed by atoms with E-state index in [0.29, 0.717) is 31.3 Å². The average Bonchev–Trinajstić information content (AvgIpc) is 3.31. The Labute approximate surface area is 169 Å². The fourth-order valence-corrected chi connectivity index (χ4v) is 2.99. The van der Waals surface area contributed by atoms with Crippen molar-refractivity contribution >= 4 is 24.8 Å². The second-order valence-corrected chi connectivity index (χ2v) is 6.01. The van der Waals surface area contributed by atoms with Gasteiger partial charge in [0.15, 0.2) is 11.6 Å². The summed E-state index contributed by atoms with van der Waals surface area (Å²) in [6.07, 6.45) is 5.46. The highest BCUT2D eigenvalue weighted by atomic mass is 35.5. The summed E-state index contributed by atoms with van der Waals surface area (Å²) in [4.78, 5) is 8.78. The Hall–Kier alpha value is -1.94. The van der Waals surface area contributed by atoms with Crippen LogP contribution < -0.4 is 5.32 Å². The van der Waals surface area contributed by atoms with Crippen molar-refractivity contribution in [2.45, 2.75) is 39.1 Å². The van der Waals surface area contributed by atoms with Gasteiger partial charge in [-0.3, -0.25) is 4.68 Å². The van der Waals surface area contributed by atoms with Crippen molar-refractivity contribution in [3.63, 3.8) is 0 Å². The number of nitrogens with one attached hydrogen (secondary N) is 1. The van der Waals surface area contributed by atoms with Crippen molar-refractivity contribution in [3.05, 3.63) is 35.9 Å². The van der Waals surface area contributed by atoms with Crippen LogP contribution in [0.4, 0.5) is 0 Å². The Kier molecular flexibility index (Phi) is 7.78. The van der Waals surface area contributed by atoms with E-state index in [1.807, 2.05) is 6.20 Å². The maximum atomic E-state index is 5.24. The SMILES string of the molecule is COCc1noc(CCn2ccnc2-c2cc3n(n2)CCCNC3)n1.Cl.Cl. The predicted molar refractivity (Wildman–Crippen MR) is 103 cm³/mol. The molecule has 0 spiro atoms. The molecule has 1 aliphatic rings. The smallest absolute Gasteiger partial charge is 0.228 e. The first-order valence-electron chi connectivity index (χ1n) is 8.43. The Morgan fingerprint density at radius 2 is 2.22 bits per heavy atom. The summed E-state index contributed by atoms with van der Waals surface area (Å²) in [6.45, 7) is 3.87. The first-order valence-corrected chi connectivity index (χ1v) is 8.43. The number of hydrogen-bond acceptors (Lipinski definition) is 7. The average molecular weight is 416 g/mol. The standard InChI is InChI=1S/C16H21N7O2.2ClH/c1-24-11-14-19-15(25-21-14)3-7-22-8-5-18-16(22)13-9-12-10-17-4-2-6-23(12)20-13;;/h5,8-9,17H,2-4,6-7,10-11H2,1H3;2*1H. The molecule has 3 aromatic heterocycles. The molecule has 9 nitrogen and oxygen atoms in total. The van der Waals surface area contributed by atoms with Crippen molar-refractivity contribution in [3.8, 4) is 11.5 Å². The van der Waals surface area contributed by atoms with Gasteiger partial charge in [0.05, 0.1) is 5.69 Å². The van der Waals surface area contributed by atoms with Gasteiger partial charge in [-0.1, -0.05) is 5.16 Å². The summed E-state index contributed by atoms with van der Waals surface area (Å²) in [5, 5.41) is 12.0. The van der Waals surface area contributed by atoms with E-state index in [0.717, 1.165) is 37.6 Å². The topological polar surface area (TPSA) is 95.8 Å². The van der Waals surface area contributed by atoms with Crippen molar-refractivity contribution in [1.82, 2.24) is 34.8 Å². The van der Waals surface area contributed by atoms with Gasteiger partial charge in [-0.15, -0.1) is 24.8 Å². The second-order valence-electron chi connectivity index (χ2n) is 6.01. The van der Waals surface area contributed by atoms with Crippen LogP contribution in [-0.4, -0.2) is 43.1 Å². The third-order valence-electron chi connectivity index (χ3n) is 4.19. The van der Waals surface area contributed by atoms with Gasteiger partial charge >= 0.3 is 0 Å². The number of methoxy groups -OCH3 is 1. The van der Waals surface area contributed by atoms with E-state index in [2.05, 4.69) is 35.8 Å². The van der Waals surface area contributed by atoms with Crippen molar-refractivity contribution in [1.29, 1.82) is 0 Å². The Morgan fingerprint density at radius 3 is 3.07 bits per heavy atom. The highest BCUT2D eigenvalue weighted by Crippen LogP contribution is 2.19. The van der Waals surface area contributed by atoms with E-state index in [9.17, 15) is 0 Å². The number of rotatable bonds is 6. The van der Waals surface area contributed by atoms with Gasteiger partial charge in [-0.25, -0.2) is 4.98 Å². The lowest BCUT2D eigenvalue weighted by Gasteiger charge is -2.04. The molecule has 0 bridgehead atoms. The molecule has 148 valence electrons.